The summed E-state index contributed by atoms with van der Waals surface area (Å²) in [4.78, 5) is 8.81. The lowest BCUT2D eigenvalue weighted by atomic mass is 10.1. The van der Waals surface area contributed by atoms with Gasteiger partial charge in [-0.3, -0.25) is 9.98 Å². The van der Waals surface area contributed by atoms with Gasteiger partial charge in [-0.2, -0.15) is 0 Å². The number of allylic oxidation sites excluding steroid dienone is 7. The molecule has 140 valence electrons. The molecular weight excluding hydrogens is 320 g/mol. The van der Waals surface area contributed by atoms with Gasteiger partial charge in [-0.05, 0) is 58.6 Å². The third-order valence-electron chi connectivity index (χ3n) is 3.30. The summed E-state index contributed by atoms with van der Waals surface area (Å²) in [6, 6.07) is 0.0607. The summed E-state index contributed by atoms with van der Waals surface area (Å²) in [7, 11) is 0. The minimum absolute atomic E-state index is 0.0607. The van der Waals surface area contributed by atoms with Crippen molar-refractivity contribution in [3.8, 4) is 0 Å². The van der Waals surface area contributed by atoms with E-state index < -0.39 is 0 Å². The highest BCUT2D eigenvalue weighted by atomic mass is 16.5. The number of aliphatic imine (C=N–C) groups is 2. The smallest absolute Gasteiger partial charge is 0.115 e. The Hall–Kier alpha value is -2.68. The fourth-order valence-electron chi connectivity index (χ4n) is 1.90. The SMILES string of the molecule is C=C(/C=C\C)OCC(=C\C=C/C(=C)C(C)/N=C\C)/C(/C=C\C)=N/C=C\C. The van der Waals surface area contributed by atoms with E-state index in [9.17, 15) is 0 Å². The highest BCUT2D eigenvalue weighted by Gasteiger charge is 2.05. The van der Waals surface area contributed by atoms with Crippen LogP contribution in [0.2, 0.25) is 0 Å². The maximum Gasteiger partial charge on any atom is 0.115 e. The maximum atomic E-state index is 5.73. The monoisotopic (exact) mass is 352 g/mol. The van der Waals surface area contributed by atoms with Crippen LogP contribution in [-0.4, -0.2) is 24.6 Å². The van der Waals surface area contributed by atoms with Gasteiger partial charge in [0, 0.05) is 11.8 Å². The average molecular weight is 353 g/mol. The molecule has 0 N–H and O–H groups in total. The Labute approximate surface area is 159 Å². The molecule has 0 aromatic rings. The van der Waals surface area contributed by atoms with Gasteiger partial charge >= 0.3 is 0 Å². The van der Waals surface area contributed by atoms with Crippen molar-refractivity contribution < 1.29 is 4.74 Å². The first-order chi connectivity index (χ1) is 12.5. The molecule has 0 aromatic carbocycles. The van der Waals surface area contributed by atoms with Gasteiger partial charge in [0.05, 0.1) is 11.8 Å². The fourth-order valence-corrected chi connectivity index (χ4v) is 1.90. The molecule has 0 saturated heterocycles. The van der Waals surface area contributed by atoms with Crippen LogP contribution < -0.4 is 0 Å². The third-order valence-corrected chi connectivity index (χ3v) is 3.30. The molecule has 3 heteroatoms. The second-order valence-corrected chi connectivity index (χ2v) is 5.46. The molecule has 26 heavy (non-hydrogen) atoms. The molecule has 1 atom stereocenters. The number of hydrogen-bond donors (Lipinski definition) is 0. The Balaban J connectivity index is 5.53. The Morgan fingerprint density at radius 3 is 2.27 bits per heavy atom. The van der Waals surface area contributed by atoms with E-state index >= 15 is 0 Å². The first-order valence-electron chi connectivity index (χ1n) is 8.80. The van der Waals surface area contributed by atoms with Crippen molar-refractivity contribution in [2.24, 2.45) is 9.98 Å². The van der Waals surface area contributed by atoms with Crippen LogP contribution in [0, 0.1) is 0 Å². The molecule has 0 saturated carbocycles. The van der Waals surface area contributed by atoms with Crippen LogP contribution in [0.15, 0.2) is 94.9 Å². The number of nitrogens with zero attached hydrogens (tertiary/aromatic N) is 2. The lowest BCUT2D eigenvalue weighted by Crippen LogP contribution is -2.07. The van der Waals surface area contributed by atoms with Gasteiger partial charge in [0.2, 0.25) is 0 Å². The molecule has 0 amide bonds. The fraction of sp³-hybridized carbons (Fsp3) is 0.304. The lowest BCUT2D eigenvalue weighted by Gasteiger charge is -2.10. The van der Waals surface area contributed by atoms with E-state index in [0.717, 1.165) is 16.9 Å². The molecule has 0 aromatic heterocycles. The molecule has 1 unspecified atom stereocenters. The van der Waals surface area contributed by atoms with Crippen LogP contribution in [0.1, 0.15) is 34.6 Å². The topological polar surface area (TPSA) is 34.0 Å². The summed E-state index contributed by atoms with van der Waals surface area (Å²) in [6.07, 6.45) is 19.0. The van der Waals surface area contributed by atoms with Crippen molar-refractivity contribution in [2.75, 3.05) is 6.61 Å². The lowest BCUT2D eigenvalue weighted by molar-refractivity contribution is 0.259. The summed E-state index contributed by atoms with van der Waals surface area (Å²) in [5, 5.41) is 0. The van der Waals surface area contributed by atoms with Gasteiger partial charge in [-0.1, -0.05) is 49.6 Å². The zero-order chi connectivity index (χ0) is 19.8. The summed E-state index contributed by atoms with van der Waals surface area (Å²) < 4.78 is 5.73. The molecule has 0 bridgehead atoms. The van der Waals surface area contributed by atoms with Crippen molar-refractivity contribution >= 4 is 11.9 Å². The van der Waals surface area contributed by atoms with Crippen LogP contribution in [0.3, 0.4) is 0 Å². The van der Waals surface area contributed by atoms with Gasteiger partial charge in [0.25, 0.3) is 0 Å². The highest BCUT2D eigenvalue weighted by Crippen LogP contribution is 2.09. The first kappa shape index (κ1) is 23.3. The molecule has 0 heterocycles. The minimum atomic E-state index is 0.0607. The van der Waals surface area contributed by atoms with E-state index in [1.807, 2.05) is 83.2 Å². The van der Waals surface area contributed by atoms with Crippen molar-refractivity contribution in [3.05, 3.63) is 84.9 Å². The van der Waals surface area contributed by atoms with Crippen molar-refractivity contribution in [1.29, 1.82) is 0 Å². The zero-order valence-corrected chi connectivity index (χ0v) is 16.8. The maximum absolute atomic E-state index is 5.73. The Kier molecular flexibility index (Phi) is 13.1. The second-order valence-electron chi connectivity index (χ2n) is 5.46. The van der Waals surface area contributed by atoms with Crippen LogP contribution >= 0.6 is 0 Å². The van der Waals surface area contributed by atoms with E-state index in [-0.39, 0.29) is 6.04 Å². The molecule has 0 fully saturated rings. The molecule has 3 nitrogen and oxygen atoms in total. The number of rotatable bonds is 11. The van der Waals surface area contributed by atoms with Gasteiger partial charge in [0.1, 0.15) is 12.4 Å². The second kappa shape index (κ2) is 14.6. The van der Waals surface area contributed by atoms with Gasteiger partial charge in [-0.15, -0.1) is 0 Å². The Bertz CT molecular complexity index is 656. The normalized spacial score (nSPS) is 15.1. The van der Waals surface area contributed by atoms with Crippen molar-refractivity contribution in [1.82, 2.24) is 0 Å². The van der Waals surface area contributed by atoms with Crippen molar-refractivity contribution in [3.63, 3.8) is 0 Å². The first-order valence-corrected chi connectivity index (χ1v) is 8.80. The van der Waals surface area contributed by atoms with Crippen LogP contribution in [0.4, 0.5) is 0 Å². The predicted octanol–water partition coefficient (Wildman–Crippen LogP) is 6.16. The zero-order valence-electron chi connectivity index (χ0n) is 16.8. The summed E-state index contributed by atoms with van der Waals surface area (Å²) in [5.74, 6) is 0.614. The number of hydrogen-bond acceptors (Lipinski definition) is 3. The number of ether oxygens (including phenoxy) is 1. The summed E-state index contributed by atoms with van der Waals surface area (Å²) in [5.41, 5.74) is 2.73. The minimum Gasteiger partial charge on any atom is -0.489 e. The van der Waals surface area contributed by atoms with Gasteiger partial charge < -0.3 is 4.74 Å². The standard InChI is InChI=1S/C23H32N2O/c1-8-13-20(6)26-18-22(23(14-9-2)25-17-10-3)16-12-15-19(5)21(7)24-11-4/h8-17,21H,5-6,18H2,1-4,7H3/b13-8-,14-9-,15-12-,17-10-,22-16+,24-11-,25-23+. The van der Waals surface area contributed by atoms with Crippen LogP contribution in [-0.2, 0) is 4.74 Å². The van der Waals surface area contributed by atoms with Crippen molar-refractivity contribution in [2.45, 2.75) is 40.7 Å². The highest BCUT2D eigenvalue weighted by molar-refractivity contribution is 6.09. The average Bonchev–Trinajstić information content (AvgIpc) is 2.62. The summed E-state index contributed by atoms with van der Waals surface area (Å²) >= 11 is 0. The Morgan fingerprint density at radius 2 is 1.69 bits per heavy atom. The van der Waals surface area contributed by atoms with Gasteiger partial charge in [0.15, 0.2) is 0 Å². The van der Waals surface area contributed by atoms with Crippen LogP contribution in [0.5, 0.6) is 0 Å². The summed E-state index contributed by atoms with van der Waals surface area (Å²) in [6.45, 7) is 18.1. The molecule has 0 rings (SSSR count). The molecule has 0 radical (unpaired) electrons. The molecule has 0 spiro atoms. The molecule has 0 aliphatic heterocycles. The molecule has 0 aliphatic carbocycles. The van der Waals surface area contributed by atoms with E-state index in [4.69, 9.17) is 4.74 Å². The predicted molar refractivity (Wildman–Crippen MR) is 117 cm³/mol. The van der Waals surface area contributed by atoms with E-state index in [1.165, 1.54) is 0 Å². The quantitative estimate of drug-likeness (QED) is 0.249. The van der Waals surface area contributed by atoms with E-state index in [0.29, 0.717) is 12.4 Å². The Morgan fingerprint density at radius 1 is 1.00 bits per heavy atom. The van der Waals surface area contributed by atoms with E-state index in [2.05, 4.69) is 23.1 Å². The van der Waals surface area contributed by atoms with Crippen LogP contribution in [0.25, 0.3) is 0 Å². The van der Waals surface area contributed by atoms with Gasteiger partial charge in [-0.25, -0.2) is 0 Å². The largest absolute Gasteiger partial charge is 0.489 e. The molecular formula is C23H32N2O. The van der Waals surface area contributed by atoms with E-state index in [1.54, 1.807) is 12.4 Å². The third kappa shape index (κ3) is 10.2. The molecule has 0 aliphatic rings.